The Morgan fingerprint density at radius 2 is 1.59 bits per heavy atom. The average Bonchev–Trinajstić information content (AvgIpc) is 2.73. The van der Waals surface area contributed by atoms with Gasteiger partial charge in [0.25, 0.3) is 0 Å². The molecule has 2 aromatic carbocycles. The Kier molecular flexibility index (Phi) is 7.04. The summed E-state index contributed by atoms with van der Waals surface area (Å²) in [6, 6.07) is 18.2. The van der Waals surface area contributed by atoms with Crippen LogP contribution in [-0.4, -0.2) is 66.4 Å². The molecule has 2 aliphatic heterocycles. The van der Waals surface area contributed by atoms with E-state index >= 15 is 0 Å². The first-order valence-electron chi connectivity index (χ1n) is 10.8. The number of ether oxygens (including phenoxy) is 2. The summed E-state index contributed by atoms with van der Waals surface area (Å²) in [5, 5.41) is 10.2. The van der Waals surface area contributed by atoms with Gasteiger partial charge in [0.2, 0.25) is 0 Å². The molecule has 5 nitrogen and oxygen atoms in total. The highest BCUT2D eigenvalue weighted by Crippen LogP contribution is 2.21. The lowest BCUT2D eigenvalue weighted by molar-refractivity contribution is 0.0145. The van der Waals surface area contributed by atoms with Crippen LogP contribution >= 0.6 is 0 Å². The number of β-amino-alcohol motifs (C(OH)–C–C–N with tert-alkyl or cyclic N) is 1. The Balaban J connectivity index is 1.14. The molecule has 29 heavy (non-hydrogen) atoms. The fraction of sp³-hybridized carbons (Fsp3) is 0.500. The second-order valence-corrected chi connectivity index (χ2v) is 8.22. The minimum absolute atomic E-state index is 0.279. The molecule has 5 heteroatoms. The van der Waals surface area contributed by atoms with Crippen LogP contribution < -0.4 is 9.47 Å². The maximum absolute atomic E-state index is 10.2. The van der Waals surface area contributed by atoms with E-state index in [1.165, 1.54) is 24.8 Å². The zero-order valence-corrected chi connectivity index (χ0v) is 17.1. The van der Waals surface area contributed by atoms with E-state index in [1.807, 2.05) is 42.5 Å². The topological polar surface area (TPSA) is 45.2 Å². The quantitative estimate of drug-likeness (QED) is 0.705. The summed E-state index contributed by atoms with van der Waals surface area (Å²) >= 11 is 0. The van der Waals surface area contributed by atoms with Crippen molar-refractivity contribution >= 4 is 0 Å². The van der Waals surface area contributed by atoms with Gasteiger partial charge in [0.15, 0.2) is 0 Å². The van der Waals surface area contributed by atoms with Crippen molar-refractivity contribution in [2.45, 2.75) is 38.0 Å². The van der Waals surface area contributed by atoms with E-state index in [0.29, 0.717) is 13.2 Å². The number of likely N-dealkylation sites (tertiary alicyclic amines) is 2. The highest BCUT2D eigenvalue weighted by molar-refractivity contribution is 5.27. The van der Waals surface area contributed by atoms with Gasteiger partial charge in [-0.2, -0.15) is 0 Å². The SMILES string of the molecule is OC(COc1ccc(CN2CC(Oc3ccccc3)C2)cc1)CN1CCCCC1. The Hall–Kier alpha value is -2.08. The molecule has 0 radical (unpaired) electrons. The highest BCUT2D eigenvalue weighted by atomic mass is 16.5. The zero-order chi connectivity index (χ0) is 19.9. The van der Waals surface area contributed by atoms with E-state index in [4.69, 9.17) is 9.47 Å². The van der Waals surface area contributed by atoms with E-state index in [-0.39, 0.29) is 6.10 Å². The van der Waals surface area contributed by atoms with E-state index in [1.54, 1.807) is 0 Å². The molecule has 1 N–H and O–H groups in total. The standard InChI is InChI=1S/C24H32N2O3/c27-21(16-25-13-5-2-6-14-25)19-28-22-11-9-20(10-12-22)15-26-17-24(18-26)29-23-7-3-1-4-8-23/h1,3-4,7-12,21,24,27H,2,5-6,13-19H2. The van der Waals surface area contributed by atoms with Crippen LogP contribution in [0.25, 0.3) is 0 Å². The third-order valence-corrected chi connectivity index (χ3v) is 5.66. The van der Waals surface area contributed by atoms with Gasteiger partial charge in [-0.25, -0.2) is 0 Å². The van der Waals surface area contributed by atoms with Gasteiger partial charge in [-0.3, -0.25) is 4.90 Å². The van der Waals surface area contributed by atoms with Gasteiger partial charge in [0.1, 0.15) is 30.3 Å². The van der Waals surface area contributed by atoms with E-state index in [9.17, 15) is 5.11 Å². The molecule has 156 valence electrons. The van der Waals surface area contributed by atoms with Crippen molar-refractivity contribution in [3.63, 3.8) is 0 Å². The molecule has 2 saturated heterocycles. The maximum atomic E-state index is 10.2. The van der Waals surface area contributed by atoms with Crippen molar-refractivity contribution in [2.24, 2.45) is 0 Å². The van der Waals surface area contributed by atoms with Gasteiger partial charge in [-0.05, 0) is 55.8 Å². The van der Waals surface area contributed by atoms with Crippen LogP contribution in [0.15, 0.2) is 54.6 Å². The van der Waals surface area contributed by atoms with Crippen LogP contribution in [0.3, 0.4) is 0 Å². The Morgan fingerprint density at radius 1 is 0.862 bits per heavy atom. The van der Waals surface area contributed by atoms with Crippen molar-refractivity contribution in [1.29, 1.82) is 0 Å². The molecule has 4 rings (SSSR count). The van der Waals surface area contributed by atoms with Crippen molar-refractivity contribution in [1.82, 2.24) is 9.80 Å². The normalized spacial score (nSPS) is 19.5. The summed E-state index contributed by atoms with van der Waals surface area (Å²) in [7, 11) is 0. The molecule has 2 aromatic rings. The minimum atomic E-state index is -0.435. The lowest BCUT2D eigenvalue weighted by Gasteiger charge is -2.39. The van der Waals surface area contributed by atoms with E-state index in [2.05, 4.69) is 21.9 Å². The monoisotopic (exact) mass is 396 g/mol. The summed E-state index contributed by atoms with van der Waals surface area (Å²) in [5.74, 6) is 1.77. The molecule has 2 heterocycles. The first-order valence-corrected chi connectivity index (χ1v) is 10.8. The number of rotatable bonds is 9. The van der Waals surface area contributed by atoms with Gasteiger partial charge in [0, 0.05) is 26.2 Å². The molecule has 0 spiro atoms. The van der Waals surface area contributed by atoms with Crippen LogP contribution in [-0.2, 0) is 6.54 Å². The lowest BCUT2D eigenvalue weighted by atomic mass is 10.1. The molecule has 2 fully saturated rings. The van der Waals surface area contributed by atoms with Crippen LogP contribution in [0.5, 0.6) is 11.5 Å². The summed E-state index contributed by atoms with van der Waals surface area (Å²) in [6.45, 7) is 6.08. The number of para-hydroxylation sites is 1. The Bertz CT molecular complexity index is 726. The number of aliphatic hydroxyl groups is 1. The van der Waals surface area contributed by atoms with Crippen LogP contribution in [0.2, 0.25) is 0 Å². The molecule has 2 aliphatic rings. The second-order valence-electron chi connectivity index (χ2n) is 8.22. The zero-order valence-electron chi connectivity index (χ0n) is 17.1. The average molecular weight is 397 g/mol. The van der Waals surface area contributed by atoms with Crippen LogP contribution in [0.1, 0.15) is 24.8 Å². The highest BCUT2D eigenvalue weighted by Gasteiger charge is 2.28. The molecule has 0 aliphatic carbocycles. The van der Waals surface area contributed by atoms with Crippen LogP contribution in [0, 0.1) is 0 Å². The van der Waals surface area contributed by atoms with Crippen molar-refractivity contribution < 1.29 is 14.6 Å². The molecule has 0 aromatic heterocycles. The summed E-state index contributed by atoms with van der Waals surface area (Å²) < 4.78 is 11.7. The second kappa shape index (κ2) is 10.1. The fourth-order valence-electron chi connectivity index (χ4n) is 4.05. The van der Waals surface area contributed by atoms with Gasteiger partial charge in [0.05, 0.1) is 0 Å². The summed E-state index contributed by atoms with van der Waals surface area (Å²) in [4.78, 5) is 4.72. The van der Waals surface area contributed by atoms with Crippen molar-refractivity contribution in [3.05, 3.63) is 60.2 Å². The van der Waals surface area contributed by atoms with E-state index in [0.717, 1.165) is 44.2 Å². The molecule has 0 saturated carbocycles. The number of hydrogen-bond donors (Lipinski definition) is 1. The number of benzene rings is 2. The largest absolute Gasteiger partial charge is 0.491 e. The Labute approximate surface area is 173 Å². The number of nitrogens with zero attached hydrogens (tertiary/aromatic N) is 2. The van der Waals surface area contributed by atoms with Crippen LogP contribution in [0.4, 0.5) is 0 Å². The number of piperidine rings is 1. The number of hydrogen-bond acceptors (Lipinski definition) is 5. The predicted octanol–water partition coefficient (Wildman–Crippen LogP) is 3.18. The summed E-state index contributed by atoms with van der Waals surface area (Å²) in [6.07, 6.45) is 3.64. The molecular formula is C24H32N2O3. The van der Waals surface area contributed by atoms with Crippen molar-refractivity contribution in [2.75, 3.05) is 39.3 Å². The smallest absolute Gasteiger partial charge is 0.124 e. The molecule has 0 bridgehead atoms. The first kappa shape index (κ1) is 20.2. The van der Waals surface area contributed by atoms with Gasteiger partial charge in [-0.1, -0.05) is 36.8 Å². The van der Waals surface area contributed by atoms with Gasteiger partial charge in [-0.15, -0.1) is 0 Å². The Morgan fingerprint density at radius 3 is 2.31 bits per heavy atom. The third-order valence-electron chi connectivity index (χ3n) is 5.66. The number of aliphatic hydroxyl groups excluding tert-OH is 1. The summed E-state index contributed by atoms with van der Waals surface area (Å²) in [5.41, 5.74) is 1.27. The maximum Gasteiger partial charge on any atom is 0.124 e. The molecular weight excluding hydrogens is 364 g/mol. The van der Waals surface area contributed by atoms with E-state index < -0.39 is 6.10 Å². The predicted molar refractivity (Wildman–Crippen MR) is 114 cm³/mol. The first-order chi connectivity index (χ1) is 14.2. The molecule has 1 unspecified atom stereocenters. The third kappa shape index (κ3) is 6.20. The fourth-order valence-corrected chi connectivity index (χ4v) is 4.05. The molecule has 0 amide bonds. The van der Waals surface area contributed by atoms with Gasteiger partial charge < -0.3 is 19.5 Å². The van der Waals surface area contributed by atoms with Crippen molar-refractivity contribution in [3.8, 4) is 11.5 Å². The van der Waals surface area contributed by atoms with Gasteiger partial charge >= 0.3 is 0 Å². The lowest BCUT2D eigenvalue weighted by Crippen LogP contribution is -2.53. The molecule has 1 atom stereocenters. The minimum Gasteiger partial charge on any atom is -0.491 e.